The van der Waals surface area contributed by atoms with Crippen LogP contribution < -0.4 is 5.73 Å². The first-order valence-corrected chi connectivity index (χ1v) is 8.23. The molecule has 2 aromatic carbocycles. The predicted molar refractivity (Wildman–Crippen MR) is 95.0 cm³/mol. The summed E-state index contributed by atoms with van der Waals surface area (Å²) in [5.41, 5.74) is 12.2. The summed E-state index contributed by atoms with van der Waals surface area (Å²) in [7, 11) is 0. The molecule has 0 radical (unpaired) electrons. The molecule has 0 spiro atoms. The molecule has 1 aliphatic rings. The number of fused-ring (bicyclic) bond motifs is 2. The van der Waals surface area contributed by atoms with Crippen molar-refractivity contribution in [3.8, 4) is 0 Å². The molecule has 3 nitrogen and oxygen atoms in total. The second kappa shape index (κ2) is 6.01. The normalized spacial score (nSPS) is 15.3. The summed E-state index contributed by atoms with van der Waals surface area (Å²) in [5.74, 6) is 0. The van der Waals surface area contributed by atoms with Crippen molar-refractivity contribution >= 4 is 16.6 Å². The van der Waals surface area contributed by atoms with E-state index < -0.39 is 0 Å². The van der Waals surface area contributed by atoms with Crippen molar-refractivity contribution in [1.82, 2.24) is 9.88 Å². The molecule has 0 saturated carbocycles. The molecule has 0 fully saturated rings. The van der Waals surface area contributed by atoms with Gasteiger partial charge in [0.2, 0.25) is 0 Å². The van der Waals surface area contributed by atoms with Crippen molar-refractivity contribution in [3.63, 3.8) is 0 Å². The summed E-state index contributed by atoms with van der Waals surface area (Å²) >= 11 is 0. The number of benzene rings is 2. The van der Waals surface area contributed by atoms with Crippen molar-refractivity contribution < 1.29 is 0 Å². The summed E-state index contributed by atoms with van der Waals surface area (Å²) in [6.45, 7) is 2.93. The van der Waals surface area contributed by atoms with E-state index in [2.05, 4.69) is 47.4 Å². The van der Waals surface area contributed by atoms with Crippen LogP contribution in [0.1, 0.15) is 23.2 Å². The molecular weight excluding hydrogens is 282 g/mol. The number of nitrogens with two attached hydrogens (primary N) is 1. The van der Waals surface area contributed by atoms with Gasteiger partial charge in [-0.15, -0.1) is 0 Å². The summed E-state index contributed by atoms with van der Waals surface area (Å²) < 4.78 is 0. The molecule has 1 aliphatic heterocycles. The topological polar surface area (TPSA) is 42.1 Å². The fourth-order valence-electron chi connectivity index (χ4n) is 3.46. The summed E-state index contributed by atoms with van der Waals surface area (Å²) in [4.78, 5) is 7.35. The lowest BCUT2D eigenvalue weighted by Crippen LogP contribution is -2.23. The van der Waals surface area contributed by atoms with E-state index in [-0.39, 0.29) is 0 Å². The van der Waals surface area contributed by atoms with Crippen LogP contribution in [0.2, 0.25) is 0 Å². The van der Waals surface area contributed by atoms with Gasteiger partial charge in [0.05, 0.1) is 5.52 Å². The van der Waals surface area contributed by atoms with Crippen molar-refractivity contribution in [1.29, 1.82) is 0 Å². The third-order valence-corrected chi connectivity index (χ3v) is 4.64. The molecule has 0 aliphatic carbocycles. The van der Waals surface area contributed by atoms with Gasteiger partial charge >= 0.3 is 0 Å². The zero-order valence-electron chi connectivity index (χ0n) is 13.2. The van der Waals surface area contributed by atoms with Crippen LogP contribution in [0.15, 0.2) is 54.6 Å². The van der Waals surface area contributed by atoms with Gasteiger partial charge in [-0.2, -0.15) is 0 Å². The van der Waals surface area contributed by atoms with Crippen molar-refractivity contribution in [2.24, 2.45) is 0 Å². The van der Waals surface area contributed by atoms with E-state index >= 15 is 0 Å². The molecule has 23 heavy (non-hydrogen) atoms. The number of aryl methyl sites for hydroxylation is 1. The fraction of sp³-hybridized carbons (Fsp3) is 0.250. The highest BCUT2D eigenvalue weighted by Crippen LogP contribution is 2.30. The lowest BCUT2D eigenvalue weighted by molar-refractivity contribution is 0.261. The van der Waals surface area contributed by atoms with Gasteiger partial charge in [-0.25, -0.2) is 0 Å². The number of hydrogen-bond acceptors (Lipinski definition) is 3. The number of rotatable bonds is 2. The molecule has 3 aromatic rings. The number of nitrogen functional groups attached to an aromatic ring is 1. The molecule has 0 saturated heterocycles. The molecular formula is C20H21N3. The molecule has 4 rings (SSSR count). The Kier molecular flexibility index (Phi) is 3.72. The SMILES string of the molecule is Nc1c2c(nc3ccccc13)CCCN(Cc1ccccc1)C2. The van der Waals surface area contributed by atoms with Crippen molar-refractivity contribution in [3.05, 3.63) is 71.4 Å². The highest BCUT2D eigenvalue weighted by molar-refractivity contribution is 5.92. The summed E-state index contributed by atoms with van der Waals surface area (Å²) in [6.07, 6.45) is 2.14. The number of hydrogen-bond donors (Lipinski definition) is 1. The quantitative estimate of drug-likeness (QED) is 0.783. The van der Waals surface area contributed by atoms with Crippen LogP contribution in [0, 0.1) is 0 Å². The molecule has 2 heterocycles. The number of para-hydroxylation sites is 1. The van der Waals surface area contributed by atoms with Crippen LogP contribution >= 0.6 is 0 Å². The molecule has 0 amide bonds. The maximum absolute atomic E-state index is 6.50. The van der Waals surface area contributed by atoms with Crippen LogP contribution in [0.3, 0.4) is 0 Å². The third-order valence-electron chi connectivity index (χ3n) is 4.64. The maximum atomic E-state index is 6.50. The van der Waals surface area contributed by atoms with Gasteiger partial charge in [-0.05, 0) is 31.0 Å². The van der Waals surface area contributed by atoms with Gasteiger partial charge in [-0.1, -0.05) is 48.5 Å². The largest absolute Gasteiger partial charge is 0.398 e. The van der Waals surface area contributed by atoms with Crippen molar-refractivity contribution in [2.45, 2.75) is 25.9 Å². The third kappa shape index (κ3) is 2.80. The Labute approximate surface area is 136 Å². The van der Waals surface area contributed by atoms with Crippen LogP contribution in [-0.4, -0.2) is 16.4 Å². The zero-order valence-corrected chi connectivity index (χ0v) is 13.2. The average Bonchev–Trinajstić information content (AvgIpc) is 2.78. The molecule has 0 bridgehead atoms. The summed E-state index contributed by atoms with van der Waals surface area (Å²) in [5, 5.41) is 1.08. The van der Waals surface area contributed by atoms with Gasteiger partial charge in [-0.3, -0.25) is 9.88 Å². The fourth-order valence-corrected chi connectivity index (χ4v) is 3.46. The average molecular weight is 303 g/mol. The first-order valence-electron chi connectivity index (χ1n) is 8.23. The number of nitrogens with zero attached hydrogens (tertiary/aromatic N) is 2. The van der Waals surface area contributed by atoms with Gasteiger partial charge < -0.3 is 5.73 Å². The van der Waals surface area contributed by atoms with Gasteiger partial charge in [0.25, 0.3) is 0 Å². The standard InChI is InChI=1S/C20H21N3/c21-20-16-9-4-5-10-18(16)22-19-11-6-12-23(14-17(19)20)13-15-7-2-1-3-8-15/h1-5,7-10H,6,11-14H2,(H2,21,22). The van der Waals surface area contributed by atoms with Gasteiger partial charge in [0.15, 0.2) is 0 Å². The van der Waals surface area contributed by atoms with Crippen LogP contribution in [0.4, 0.5) is 5.69 Å². The molecule has 116 valence electrons. The van der Waals surface area contributed by atoms with E-state index in [9.17, 15) is 0 Å². The van der Waals surface area contributed by atoms with Gasteiger partial charge in [0, 0.05) is 35.4 Å². The Balaban J connectivity index is 1.69. The second-order valence-electron chi connectivity index (χ2n) is 6.27. The predicted octanol–water partition coefficient (Wildman–Crippen LogP) is 3.77. The monoisotopic (exact) mass is 303 g/mol. The van der Waals surface area contributed by atoms with Crippen LogP contribution in [0.25, 0.3) is 10.9 Å². The minimum atomic E-state index is 0.883. The Morgan fingerprint density at radius 1 is 1.00 bits per heavy atom. The number of pyridine rings is 1. The van der Waals surface area contributed by atoms with Crippen LogP contribution in [0.5, 0.6) is 0 Å². The minimum absolute atomic E-state index is 0.883. The summed E-state index contributed by atoms with van der Waals surface area (Å²) in [6, 6.07) is 18.8. The smallest absolute Gasteiger partial charge is 0.0726 e. The number of anilines is 1. The highest BCUT2D eigenvalue weighted by Gasteiger charge is 2.19. The lowest BCUT2D eigenvalue weighted by atomic mass is 10.0. The van der Waals surface area contributed by atoms with Gasteiger partial charge in [0.1, 0.15) is 0 Å². The maximum Gasteiger partial charge on any atom is 0.0726 e. The van der Waals surface area contributed by atoms with Crippen LogP contribution in [-0.2, 0) is 19.5 Å². The minimum Gasteiger partial charge on any atom is -0.398 e. The highest BCUT2D eigenvalue weighted by atomic mass is 15.1. The Hall–Kier alpha value is -2.39. The van der Waals surface area contributed by atoms with E-state index in [1.165, 1.54) is 16.8 Å². The Morgan fingerprint density at radius 3 is 2.65 bits per heavy atom. The number of aromatic nitrogens is 1. The lowest BCUT2D eigenvalue weighted by Gasteiger charge is -2.21. The zero-order chi connectivity index (χ0) is 15.6. The first-order chi connectivity index (χ1) is 11.3. The van der Waals surface area contributed by atoms with E-state index in [1.54, 1.807) is 0 Å². The van der Waals surface area contributed by atoms with E-state index in [0.29, 0.717) is 0 Å². The Morgan fingerprint density at radius 2 is 1.78 bits per heavy atom. The van der Waals surface area contributed by atoms with E-state index in [0.717, 1.165) is 49.1 Å². The first kappa shape index (κ1) is 14.2. The molecule has 2 N–H and O–H groups in total. The van der Waals surface area contributed by atoms with E-state index in [4.69, 9.17) is 10.7 Å². The second-order valence-corrected chi connectivity index (χ2v) is 6.27. The molecule has 0 unspecified atom stereocenters. The molecule has 1 aromatic heterocycles. The molecule has 3 heteroatoms. The van der Waals surface area contributed by atoms with E-state index in [1.807, 2.05) is 12.1 Å². The van der Waals surface area contributed by atoms with Crippen molar-refractivity contribution in [2.75, 3.05) is 12.3 Å². The Bertz CT molecular complexity index is 827. The molecule has 0 atom stereocenters.